The first-order valence-electron chi connectivity index (χ1n) is 10.1. The van der Waals surface area contributed by atoms with Gasteiger partial charge in [0, 0.05) is 11.1 Å². The molecular weight excluding hydrogens is 394 g/mol. The number of aromatic nitrogens is 1. The summed E-state index contributed by atoms with van der Waals surface area (Å²) in [5.41, 5.74) is 4.38. The number of anilines is 1. The largest absolute Gasteiger partial charge is 0.494 e. The predicted octanol–water partition coefficient (Wildman–Crippen LogP) is 5.36. The first-order chi connectivity index (χ1) is 14.6. The molecule has 1 N–H and O–H groups in total. The van der Waals surface area contributed by atoms with Crippen LogP contribution in [0.4, 0.5) is 5.69 Å². The molecule has 0 aliphatic heterocycles. The van der Waals surface area contributed by atoms with Crippen LogP contribution in [-0.2, 0) is 17.6 Å². The summed E-state index contributed by atoms with van der Waals surface area (Å²) >= 11 is 1.28. The zero-order valence-electron chi connectivity index (χ0n) is 17.5. The third-order valence-corrected chi connectivity index (χ3v) is 5.78. The molecule has 0 fully saturated rings. The second-order valence-electron chi connectivity index (χ2n) is 6.74. The van der Waals surface area contributed by atoms with Gasteiger partial charge in [0.25, 0.3) is 0 Å². The molecule has 3 rings (SSSR count). The van der Waals surface area contributed by atoms with E-state index >= 15 is 0 Å². The Balaban J connectivity index is 1.78. The van der Waals surface area contributed by atoms with Crippen molar-refractivity contribution in [2.45, 2.75) is 38.6 Å². The second kappa shape index (κ2) is 10.1. The fourth-order valence-corrected chi connectivity index (χ4v) is 4.06. The van der Waals surface area contributed by atoms with Crippen molar-refractivity contribution < 1.29 is 9.53 Å². The summed E-state index contributed by atoms with van der Waals surface area (Å²) in [4.78, 5) is 17.2. The van der Waals surface area contributed by atoms with Crippen molar-refractivity contribution in [3.8, 4) is 11.8 Å². The van der Waals surface area contributed by atoms with Crippen LogP contribution in [0.2, 0.25) is 0 Å². The van der Waals surface area contributed by atoms with Crippen molar-refractivity contribution in [1.82, 2.24) is 4.98 Å². The zero-order chi connectivity index (χ0) is 21.5. The van der Waals surface area contributed by atoms with E-state index < -0.39 is 0 Å². The summed E-state index contributed by atoms with van der Waals surface area (Å²) in [6, 6.07) is 15.7. The topological polar surface area (TPSA) is 75.0 Å². The van der Waals surface area contributed by atoms with E-state index in [2.05, 4.69) is 30.2 Å². The van der Waals surface area contributed by atoms with Gasteiger partial charge in [0.2, 0.25) is 5.91 Å². The van der Waals surface area contributed by atoms with Gasteiger partial charge in [-0.3, -0.25) is 4.79 Å². The molecule has 5 nitrogen and oxygen atoms in total. The molecule has 1 heterocycles. The van der Waals surface area contributed by atoms with Crippen LogP contribution in [0.25, 0.3) is 10.9 Å². The highest BCUT2D eigenvalue weighted by atomic mass is 32.2. The predicted molar refractivity (Wildman–Crippen MR) is 122 cm³/mol. The number of hydrogen-bond donors (Lipinski definition) is 1. The molecule has 0 radical (unpaired) electrons. The number of nitrogens with one attached hydrogen (secondary N) is 1. The lowest BCUT2D eigenvalue weighted by Crippen LogP contribution is -2.17. The molecule has 0 spiro atoms. The molecule has 0 aliphatic carbocycles. The summed E-state index contributed by atoms with van der Waals surface area (Å²) in [6.07, 6.45) is 1.70. The van der Waals surface area contributed by atoms with Gasteiger partial charge in [-0.2, -0.15) is 5.26 Å². The first-order valence-corrected chi connectivity index (χ1v) is 11.1. The van der Waals surface area contributed by atoms with Crippen molar-refractivity contribution in [1.29, 1.82) is 5.26 Å². The minimum atomic E-state index is -0.104. The van der Waals surface area contributed by atoms with Gasteiger partial charge in [0.05, 0.1) is 23.4 Å². The number of carbonyl (C=O) groups excluding carboxylic acids is 1. The molecule has 30 heavy (non-hydrogen) atoms. The first kappa shape index (κ1) is 21.7. The number of benzene rings is 2. The molecular formula is C24H25N3O2S. The number of fused-ring (bicyclic) bond motifs is 1. The summed E-state index contributed by atoms with van der Waals surface area (Å²) in [7, 11) is 0. The lowest BCUT2D eigenvalue weighted by molar-refractivity contribution is -0.113. The Morgan fingerprint density at radius 3 is 2.50 bits per heavy atom. The molecule has 0 saturated heterocycles. The number of nitrogens with zero attached hydrogens (tertiary/aromatic N) is 2. The number of thioether (sulfide) groups is 1. The number of nitriles is 1. The van der Waals surface area contributed by atoms with E-state index in [0.717, 1.165) is 46.3 Å². The molecule has 1 aromatic heterocycles. The Hall–Kier alpha value is -3.04. The number of ether oxygens (including phenoxy) is 1. The maximum Gasteiger partial charge on any atom is 0.234 e. The van der Waals surface area contributed by atoms with Gasteiger partial charge in [-0.1, -0.05) is 43.8 Å². The highest BCUT2D eigenvalue weighted by Crippen LogP contribution is 2.28. The summed E-state index contributed by atoms with van der Waals surface area (Å²) < 4.78 is 5.52. The number of carbonyl (C=O) groups is 1. The maximum absolute atomic E-state index is 12.6. The van der Waals surface area contributed by atoms with Crippen molar-refractivity contribution in [3.05, 3.63) is 59.2 Å². The molecule has 0 aliphatic rings. The van der Waals surface area contributed by atoms with Crippen LogP contribution in [0.15, 0.2) is 47.5 Å². The Morgan fingerprint density at radius 2 is 1.87 bits per heavy atom. The van der Waals surface area contributed by atoms with E-state index in [1.165, 1.54) is 11.8 Å². The van der Waals surface area contributed by atoms with Crippen LogP contribution in [0.1, 0.15) is 37.5 Å². The maximum atomic E-state index is 12.6. The lowest BCUT2D eigenvalue weighted by atomic mass is 10.0. The molecule has 0 bridgehead atoms. The smallest absolute Gasteiger partial charge is 0.234 e. The highest BCUT2D eigenvalue weighted by Gasteiger charge is 2.13. The van der Waals surface area contributed by atoms with Gasteiger partial charge in [-0.25, -0.2) is 4.98 Å². The molecule has 6 heteroatoms. The molecule has 0 atom stereocenters. The average Bonchev–Trinajstić information content (AvgIpc) is 2.77. The minimum Gasteiger partial charge on any atom is -0.494 e. The normalized spacial score (nSPS) is 10.6. The van der Waals surface area contributed by atoms with Gasteiger partial charge < -0.3 is 10.1 Å². The Kier molecular flexibility index (Phi) is 7.31. The van der Waals surface area contributed by atoms with Gasteiger partial charge in [0.15, 0.2) is 0 Å². The SMILES string of the molecule is CCOc1ccc2nc(SCC(=O)Nc3c(CC)cccc3CC)c(C#N)cc2c1. The third-order valence-electron chi connectivity index (χ3n) is 4.79. The van der Waals surface area contributed by atoms with Gasteiger partial charge in [-0.15, -0.1) is 0 Å². The fraction of sp³-hybridized carbons (Fsp3) is 0.292. The summed E-state index contributed by atoms with van der Waals surface area (Å²) in [5.74, 6) is 0.829. The van der Waals surface area contributed by atoms with E-state index in [1.54, 1.807) is 6.07 Å². The molecule has 1 amide bonds. The Morgan fingerprint density at radius 1 is 1.13 bits per heavy atom. The Labute approximate surface area is 181 Å². The zero-order valence-corrected chi connectivity index (χ0v) is 18.3. The molecule has 3 aromatic rings. The van der Waals surface area contributed by atoms with Crippen LogP contribution in [0.5, 0.6) is 5.75 Å². The van der Waals surface area contributed by atoms with Crippen LogP contribution < -0.4 is 10.1 Å². The lowest BCUT2D eigenvalue weighted by Gasteiger charge is -2.14. The van der Waals surface area contributed by atoms with E-state index in [4.69, 9.17) is 4.74 Å². The van der Waals surface area contributed by atoms with Crippen molar-refractivity contribution in [3.63, 3.8) is 0 Å². The monoisotopic (exact) mass is 419 g/mol. The number of hydrogen-bond acceptors (Lipinski definition) is 5. The number of amides is 1. The van der Waals surface area contributed by atoms with Crippen LogP contribution in [0, 0.1) is 11.3 Å². The third kappa shape index (κ3) is 4.92. The van der Waals surface area contributed by atoms with Gasteiger partial charge >= 0.3 is 0 Å². The average molecular weight is 420 g/mol. The van der Waals surface area contributed by atoms with Crippen LogP contribution >= 0.6 is 11.8 Å². The standard InChI is InChI=1S/C24H25N3O2S/c1-4-16-8-7-9-17(5-2)23(16)27-22(28)15-30-24-19(14-25)12-18-13-20(29-6-3)10-11-21(18)26-24/h7-13H,4-6,15H2,1-3H3,(H,27,28). The number of pyridine rings is 1. The van der Waals surface area contributed by atoms with E-state index in [0.29, 0.717) is 17.2 Å². The summed E-state index contributed by atoms with van der Waals surface area (Å²) in [6.45, 7) is 6.66. The number of aryl methyl sites for hydroxylation is 2. The molecule has 0 saturated carbocycles. The van der Waals surface area contributed by atoms with Crippen LogP contribution in [0.3, 0.4) is 0 Å². The summed E-state index contributed by atoms with van der Waals surface area (Å²) in [5, 5.41) is 14.0. The van der Waals surface area contributed by atoms with Gasteiger partial charge in [0.1, 0.15) is 16.8 Å². The van der Waals surface area contributed by atoms with E-state index in [9.17, 15) is 10.1 Å². The van der Waals surface area contributed by atoms with E-state index in [1.807, 2.05) is 43.3 Å². The molecule has 0 unspecified atom stereocenters. The van der Waals surface area contributed by atoms with Crippen molar-refractivity contribution in [2.75, 3.05) is 17.7 Å². The van der Waals surface area contributed by atoms with E-state index in [-0.39, 0.29) is 11.7 Å². The van der Waals surface area contributed by atoms with Crippen LogP contribution in [-0.4, -0.2) is 23.3 Å². The van der Waals surface area contributed by atoms with Gasteiger partial charge in [-0.05, 0) is 55.2 Å². The quantitative estimate of drug-likeness (QED) is 0.498. The Bertz CT molecular complexity index is 1080. The number of rotatable bonds is 8. The number of para-hydroxylation sites is 1. The molecule has 154 valence electrons. The highest BCUT2D eigenvalue weighted by molar-refractivity contribution is 8.00. The second-order valence-corrected chi connectivity index (χ2v) is 7.70. The van der Waals surface area contributed by atoms with Crippen molar-refractivity contribution >= 4 is 34.3 Å². The minimum absolute atomic E-state index is 0.104. The fourth-order valence-electron chi connectivity index (χ4n) is 3.30. The molecule has 2 aromatic carbocycles. The van der Waals surface area contributed by atoms with Crippen molar-refractivity contribution in [2.24, 2.45) is 0 Å².